The van der Waals surface area contributed by atoms with Crippen LogP contribution in [0, 0.1) is 4.77 Å². The van der Waals surface area contributed by atoms with E-state index in [0.717, 1.165) is 32.4 Å². The predicted molar refractivity (Wildman–Crippen MR) is 153 cm³/mol. The third-order valence-electron chi connectivity index (χ3n) is 6.20. The first kappa shape index (κ1) is 32.0. The van der Waals surface area contributed by atoms with Gasteiger partial charge in [0.2, 0.25) is 4.77 Å². The lowest BCUT2D eigenvalue weighted by atomic mass is 9.97. The number of rotatable bonds is 9. The number of hydrogen-bond acceptors (Lipinski definition) is 13. The first-order valence-corrected chi connectivity index (χ1v) is 13.7. The minimum absolute atomic E-state index is 0.119. The van der Waals surface area contributed by atoms with Gasteiger partial charge in [0.25, 0.3) is 5.56 Å². The van der Waals surface area contributed by atoms with Crippen molar-refractivity contribution in [3.05, 3.63) is 75.3 Å². The van der Waals surface area contributed by atoms with Crippen LogP contribution < -0.4 is 5.56 Å². The molecule has 3 heterocycles. The standard InChI is InChI=1S/C29H29N3O11S/c1-16(33)39-15-23-24(40-17(2)34)25(41-18(3)35)26(42-19(4)36)28(43-23)32-29(44)31(20-9-6-5-7-10-20)27(37)22(30-32)13-12-21-11-8-14-38-21/h5-14,23-26,28H,15H2,1-4H3/b13-12+/t23-,24+,25+,26+,28-/m1/s1. The molecule has 0 bridgehead atoms. The van der Waals surface area contributed by atoms with Crippen molar-refractivity contribution < 1.29 is 47.3 Å². The van der Waals surface area contributed by atoms with Crippen LogP contribution in [0.2, 0.25) is 0 Å². The maximum atomic E-state index is 13.7. The molecular weight excluding hydrogens is 598 g/mol. The molecule has 0 amide bonds. The van der Waals surface area contributed by atoms with Crippen molar-refractivity contribution in [2.24, 2.45) is 0 Å². The maximum Gasteiger partial charge on any atom is 0.303 e. The molecule has 232 valence electrons. The smallest absolute Gasteiger partial charge is 0.303 e. The maximum absolute atomic E-state index is 13.7. The summed E-state index contributed by atoms with van der Waals surface area (Å²) in [6.07, 6.45) is -2.72. The highest BCUT2D eigenvalue weighted by Gasteiger charge is 2.53. The van der Waals surface area contributed by atoms with E-state index < -0.39 is 66.7 Å². The molecule has 2 aromatic heterocycles. The van der Waals surface area contributed by atoms with Gasteiger partial charge in [0.15, 0.2) is 24.5 Å². The van der Waals surface area contributed by atoms with E-state index in [1.165, 1.54) is 23.0 Å². The van der Waals surface area contributed by atoms with Crippen molar-refractivity contribution >= 4 is 48.2 Å². The summed E-state index contributed by atoms with van der Waals surface area (Å²) in [7, 11) is 0. The molecule has 0 N–H and O–H groups in total. The van der Waals surface area contributed by atoms with Crippen molar-refractivity contribution in [3.8, 4) is 5.69 Å². The van der Waals surface area contributed by atoms with E-state index in [2.05, 4.69) is 5.10 Å². The van der Waals surface area contributed by atoms with Gasteiger partial charge in [-0.15, -0.1) is 0 Å². The summed E-state index contributed by atoms with van der Waals surface area (Å²) in [5, 5.41) is 4.45. The second-order valence-electron chi connectivity index (χ2n) is 9.53. The quantitative estimate of drug-likeness (QED) is 0.193. The summed E-state index contributed by atoms with van der Waals surface area (Å²) in [5.74, 6) is -2.62. The fourth-order valence-corrected chi connectivity index (χ4v) is 4.86. The Morgan fingerprint density at radius 2 is 1.50 bits per heavy atom. The molecule has 1 aliphatic rings. The van der Waals surface area contributed by atoms with E-state index in [-0.39, 0.29) is 10.5 Å². The van der Waals surface area contributed by atoms with Crippen molar-refractivity contribution in [2.45, 2.75) is 58.3 Å². The Bertz CT molecular complexity index is 1660. The van der Waals surface area contributed by atoms with Crippen molar-refractivity contribution in [3.63, 3.8) is 0 Å². The molecule has 0 aliphatic carbocycles. The number of benzene rings is 1. The second kappa shape index (κ2) is 14.1. The third kappa shape index (κ3) is 7.54. The van der Waals surface area contributed by atoms with Gasteiger partial charge < -0.3 is 28.1 Å². The molecule has 0 saturated carbocycles. The van der Waals surface area contributed by atoms with Gasteiger partial charge in [-0.25, -0.2) is 4.68 Å². The average molecular weight is 628 g/mol. The molecule has 15 heteroatoms. The number of esters is 4. The molecule has 0 spiro atoms. The number of carbonyl (C=O) groups is 4. The lowest BCUT2D eigenvalue weighted by Gasteiger charge is -2.44. The molecule has 5 atom stereocenters. The highest BCUT2D eigenvalue weighted by Crippen LogP contribution is 2.34. The highest BCUT2D eigenvalue weighted by atomic mass is 32.1. The number of para-hydroxylation sites is 1. The number of carbonyl (C=O) groups excluding carboxylic acids is 4. The van der Waals surface area contributed by atoms with Gasteiger partial charge in [-0.2, -0.15) is 5.10 Å². The van der Waals surface area contributed by atoms with Crippen LogP contribution in [0.5, 0.6) is 0 Å². The van der Waals surface area contributed by atoms with Gasteiger partial charge in [-0.05, 0) is 48.6 Å². The fraction of sp³-hybridized carbons (Fsp3) is 0.345. The first-order valence-electron chi connectivity index (χ1n) is 13.3. The minimum atomic E-state index is -1.50. The van der Waals surface area contributed by atoms with Crippen LogP contribution in [-0.4, -0.2) is 69.2 Å². The molecule has 4 rings (SSSR count). The Morgan fingerprint density at radius 3 is 2.09 bits per heavy atom. The van der Waals surface area contributed by atoms with Crippen LogP contribution >= 0.6 is 12.2 Å². The molecule has 0 unspecified atom stereocenters. The lowest BCUT2D eigenvalue weighted by molar-refractivity contribution is -0.271. The Kier molecular flexibility index (Phi) is 10.2. The molecule has 0 radical (unpaired) electrons. The number of furan rings is 1. The molecule has 1 saturated heterocycles. The van der Waals surface area contributed by atoms with E-state index in [0.29, 0.717) is 11.4 Å². The summed E-state index contributed by atoms with van der Waals surface area (Å²) in [4.78, 5) is 62.1. The van der Waals surface area contributed by atoms with E-state index in [4.69, 9.17) is 40.3 Å². The fourth-order valence-electron chi connectivity index (χ4n) is 4.53. The van der Waals surface area contributed by atoms with Gasteiger partial charge in [-0.1, -0.05) is 18.2 Å². The SMILES string of the molecule is CC(=O)OC[C@H]1O[C@@H](n2nc(/C=C/c3ccco3)c(=O)n(-c3ccccc3)c2=S)[C@@H](OC(C)=O)[C@@H](OC(C)=O)[C@H]1OC(C)=O. The molecule has 44 heavy (non-hydrogen) atoms. The topological polar surface area (TPSA) is 167 Å². The normalized spacial score (nSPS) is 21.4. The van der Waals surface area contributed by atoms with Gasteiger partial charge in [0.05, 0.1) is 12.0 Å². The molecule has 1 aromatic carbocycles. The summed E-state index contributed by atoms with van der Waals surface area (Å²) in [5.41, 5.74) is -0.325. The zero-order chi connectivity index (χ0) is 32.0. The Balaban J connectivity index is 1.96. The van der Waals surface area contributed by atoms with Gasteiger partial charge in [-0.3, -0.25) is 28.5 Å². The largest absolute Gasteiger partial charge is 0.465 e. The molecular formula is C29H29N3O11S. The Hall–Kier alpha value is -4.89. The van der Waals surface area contributed by atoms with Gasteiger partial charge in [0, 0.05) is 27.7 Å². The second-order valence-corrected chi connectivity index (χ2v) is 9.89. The van der Waals surface area contributed by atoms with E-state index >= 15 is 0 Å². The molecule has 1 aliphatic heterocycles. The van der Waals surface area contributed by atoms with Crippen LogP contribution in [0.15, 0.2) is 57.9 Å². The van der Waals surface area contributed by atoms with Crippen LogP contribution in [0.3, 0.4) is 0 Å². The Morgan fingerprint density at radius 1 is 0.864 bits per heavy atom. The van der Waals surface area contributed by atoms with Gasteiger partial charge in [0.1, 0.15) is 24.2 Å². The lowest BCUT2D eigenvalue weighted by Crippen LogP contribution is -2.61. The van der Waals surface area contributed by atoms with Crippen LogP contribution in [0.1, 0.15) is 45.4 Å². The minimum Gasteiger partial charge on any atom is -0.465 e. The monoisotopic (exact) mass is 627 g/mol. The first-order chi connectivity index (χ1) is 21.0. The third-order valence-corrected chi connectivity index (χ3v) is 6.56. The van der Waals surface area contributed by atoms with E-state index in [1.54, 1.807) is 42.5 Å². The molecule has 14 nitrogen and oxygen atoms in total. The zero-order valence-electron chi connectivity index (χ0n) is 24.1. The zero-order valence-corrected chi connectivity index (χ0v) is 24.9. The average Bonchev–Trinajstić information content (AvgIpc) is 3.48. The number of nitrogens with zero attached hydrogens (tertiary/aromatic N) is 3. The van der Waals surface area contributed by atoms with Crippen LogP contribution in [0.25, 0.3) is 17.8 Å². The van der Waals surface area contributed by atoms with Crippen molar-refractivity contribution in [1.82, 2.24) is 14.3 Å². The van der Waals surface area contributed by atoms with E-state index in [1.807, 2.05) is 0 Å². The predicted octanol–water partition coefficient (Wildman–Crippen LogP) is 2.78. The number of ether oxygens (including phenoxy) is 5. The van der Waals surface area contributed by atoms with Crippen LogP contribution in [-0.2, 0) is 42.9 Å². The summed E-state index contributed by atoms with van der Waals surface area (Å²) < 4.78 is 35.4. The number of hydrogen-bond donors (Lipinski definition) is 0. The Labute approximate surface area is 255 Å². The molecule has 3 aromatic rings. The van der Waals surface area contributed by atoms with E-state index in [9.17, 15) is 24.0 Å². The number of aromatic nitrogens is 3. The molecule has 1 fully saturated rings. The van der Waals surface area contributed by atoms with Crippen LogP contribution in [0.4, 0.5) is 0 Å². The van der Waals surface area contributed by atoms with Crippen molar-refractivity contribution in [2.75, 3.05) is 6.61 Å². The summed E-state index contributed by atoms with van der Waals surface area (Å²) in [6.45, 7) is 4.05. The van der Waals surface area contributed by atoms with Crippen molar-refractivity contribution in [1.29, 1.82) is 0 Å². The van der Waals surface area contributed by atoms with Gasteiger partial charge >= 0.3 is 23.9 Å². The highest BCUT2D eigenvalue weighted by molar-refractivity contribution is 7.71. The summed E-state index contributed by atoms with van der Waals surface area (Å²) >= 11 is 5.72. The summed E-state index contributed by atoms with van der Waals surface area (Å²) in [6, 6.07) is 11.8.